The molecule has 0 aliphatic carbocycles. The number of methoxy groups -OCH3 is 1. The summed E-state index contributed by atoms with van der Waals surface area (Å²) in [6.45, 7) is 2.67. The van der Waals surface area contributed by atoms with Gasteiger partial charge in [-0.05, 0) is 6.92 Å². The van der Waals surface area contributed by atoms with Gasteiger partial charge in [0, 0.05) is 26.6 Å². The number of nitrogens with zero attached hydrogens (tertiary/aromatic N) is 1. The largest absolute Gasteiger partial charge is 0.383 e. The second-order valence-electron chi connectivity index (χ2n) is 3.23. The van der Waals surface area contributed by atoms with Gasteiger partial charge >= 0.3 is 0 Å². The average molecular weight is 227 g/mol. The van der Waals surface area contributed by atoms with Crippen LogP contribution >= 0.6 is 0 Å². The summed E-state index contributed by atoms with van der Waals surface area (Å²) in [5.74, 6) is -1.19. The van der Waals surface area contributed by atoms with Gasteiger partial charge in [-0.25, -0.2) is 0 Å². The summed E-state index contributed by atoms with van der Waals surface area (Å²) in [5.41, 5.74) is 0. The molecule has 0 saturated heterocycles. The van der Waals surface area contributed by atoms with Crippen molar-refractivity contribution in [3.8, 4) is 6.07 Å². The third kappa shape index (κ3) is 6.79. The molecule has 0 aliphatic heterocycles. The number of rotatable bonds is 7. The molecule has 0 aromatic rings. The number of nitriles is 1. The van der Waals surface area contributed by atoms with E-state index in [0.717, 1.165) is 0 Å². The Kier molecular flexibility index (Phi) is 7.81. The molecule has 0 bridgehead atoms. The van der Waals surface area contributed by atoms with Crippen molar-refractivity contribution < 1.29 is 14.3 Å². The van der Waals surface area contributed by atoms with Gasteiger partial charge in [0.15, 0.2) is 0 Å². The van der Waals surface area contributed by atoms with Crippen molar-refractivity contribution in [1.29, 1.82) is 5.26 Å². The van der Waals surface area contributed by atoms with Crippen LogP contribution in [-0.2, 0) is 14.3 Å². The van der Waals surface area contributed by atoms with Gasteiger partial charge in [0.05, 0.1) is 12.7 Å². The Morgan fingerprint density at radius 3 is 2.62 bits per heavy atom. The van der Waals surface area contributed by atoms with Crippen LogP contribution in [0.25, 0.3) is 0 Å². The summed E-state index contributed by atoms with van der Waals surface area (Å²) in [6, 6.07) is 1.82. The molecule has 90 valence electrons. The van der Waals surface area contributed by atoms with E-state index in [9.17, 15) is 9.59 Å². The Morgan fingerprint density at radius 1 is 1.38 bits per heavy atom. The van der Waals surface area contributed by atoms with Crippen LogP contribution in [0.5, 0.6) is 0 Å². The Bertz CT molecular complexity index is 273. The Morgan fingerprint density at radius 2 is 2.06 bits per heavy atom. The topological polar surface area (TPSA) is 91.2 Å². The zero-order chi connectivity index (χ0) is 12.4. The van der Waals surface area contributed by atoms with Crippen LogP contribution in [0.3, 0.4) is 0 Å². The Balaban J connectivity index is 3.55. The Hall–Kier alpha value is -1.61. The first-order valence-corrected chi connectivity index (χ1v) is 5.04. The lowest BCUT2D eigenvalue weighted by molar-refractivity contribution is -0.123. The second-order valence-corrected chi connectivity index (χ2v) is 3.23. The molecule has 0 rings (SSSR count). The molecule has 0 spiro atoms. The second kappa shape index (κ2) is 8.68. The van der Waals surface area contributed by atoms with Gasteiger partial charge in [0.25, 0.3) is 0 Å². The maximum Gasteiger partial charge on any atom is 0.237 e. The lowest BCUT2D eigenvalue weighted by Crippen LogP contribution is -2.34. The summed E-state index contributed by atoms with van der Waals surface area (Å²) in [7, 11) is 1.55. The quantitative estimate of drug-likeness (QED) is 0.569. The summed E-state index contributed by atoms with van der Waals surface area (Å²) < 4.78 is 4.76. The monoisotopic (exact) mass is 227 g/mol. The van der Waals surface area contributed by atoms with Crippen LogP contribution in [0.15, 0.2) is 0 Å². The molecular weight excluding hydrogens is 210 g/mol. The average Bonchev–Trinajstić information content (AvgIpc) is 2.28. The number of carbonyl (C=O) groups is 2. The normalized spacial score (nSPS) is 11.3. The lowest BCUT2D eigenvalue weighted by atomic mass is 10.2. The fourth-order valence-electron chi connectivity index (χ4n) is 0.892. The van der Waals surface area contributed by atoms with E-state index in [-0.39, 0.29) is 24.8 Å². The van der Waals surface area contributed by atoms with Gasteiger partial charge < -0.3 is 15.4 Å². The van der Waals surface area contributed by atoms with Gasteiger partial charge in [-0.1, -0.05) is 0 Å². The maximum atomic E-state index is 11.2. The molecule has 0 fully saturated rings. The van der Waals surface area contributed by atoms with Crippen molar-refractivity contribution in [3.63, 3.8) is 0 Å². The molecule has 0 aromatic heterocycles. The number of carbonyl (C=O) groups excluding carboxylic acids is 2. The highest BCUT2D eigenvalue weighted by Gasteiger charge is 2.10. The van der Waals surface area contributed by atoms with E-state index in [1.54, 1.807) is 7.11 Å². The smallest absolute Gasteiger partial charge is 0.237 e. The number of amides is 2. The number of nitrogens with one attached hydrogen (secondary N) is 2. The molecule has 0 aromatic carbocycles. The third-order valence-corrected chi connectivity index (χ3v) is 1.87. The first kappa shape index (κ1) is 14.4. The molecule has 1 atom stereocenters. The molecule has 16 heavy (non-hydrogen) atoms. The number of ether oxygens (including phenoxy) is 1. The van der Waals surface area contributed by atoms with E-state index in [0.29, 0.717) is 13.2 Å². The minimum atomic E-state index is -0.684. The first-order valence-electron chi connectivity index (χ1n) is 5.04. The van der Waals surface area contributed by atoms with E-state index in [2.05, 4.69) is 10.6 Å². The molecule has 0 heterocycles. The highest BCUT2D eigenvalue weighted by atomic mass is 16.5. The molecule has 1 unspecified atom stereocenters. The van der Waals surface area contributed by atoms with Crippen molar-refractivity contribution in [2.24, 2.45) is 5.92 Å². The van der Waals surface area contributed by atoms with Crippen LogP contribution in [-0.4, -0.2) is 38.6 Å². The molecule has 2 amide bonds. The molecule has 0 radical (unpaired) electrons. The lowest BCUT2D eigenvalue weighted by Gasteiger charge is -2.06. The minimum absolute atomic E-state index is 0.151. The van der Waals surface area contributed by atoms with Crippen molar-refractivity contribution in [3.05, 3.63) is 0 Å². The zero-order valence-corrected chi connectivity index (χ0v) is 9.58. The highest BCUT2D eigenvalue weighted by Crippen LogP contribution is 1.90. The van der Waals surface area contributed by atoms with Crippen LogP contribution in [0.4, 0.5) is 0 Å². The summed E-state index contributed by atoms with van der Waals surface area (Å²) in [5, 5.41) is 13.6. The molecule has 2 N–H and O–H groups in total. The van der Waals surface area contributed by atoms with Crippen molar-refractivity contribution in [1.82, 2.24) is 10.6 Å². The number of hydrogen-bond acceptors (Lipinski definition) is 4. The summed E-state index contributed by atoms with van der Waals surface area (Å²) >= 11 is 0. The minimum Gasteiger partial charge on any atom is -0.383 e. The van der Waals surface area contributed by atoms with Crippen LogP contribution < -0.4 is 10.6 Å². The molecule has 6 nitrogen and oxygen atoms in total. The summed E-state index contributed by atoms with van der Waals surface area (Å²) in [6.07, 6.45) is 0.202. The van der Waals surface area contributed by atoms with Gasteiger partial charge in [-0.15, -0.1) is 0 Å². The van der Waals surface area contributed by atoms with E-state index in [4.69, 9.17) is 10.00 Å². The van der Waals surface area contributed by atoms with E-state index in [1.165, 1.54) is 6.92 Å². The van der Waals surface area contributed by atoms with Gasteiger partial charge in [-0.3, -0.25) is 9.59 Å². The van der Waals surface area contributed by atoms with Crippen LogP contribution in [0, 0.1) is 17.2 Å². The predicted octanol–water partition coefficient (Wildman–Crippen LogP) is -0.585. The van der Waals surface area contributed by atoms with E-state index >= 15 is 0 Å². The van der Waals surface area contributed by atoms with E-state index < -0.39 is 5.92 Å². The molecule has 6 heteroatoms. The van der Waals surface area contributed by atoms with Crippen molar-refractivity contribution in [2.75, 3.05) is 26.8 Å². The Labute approximate surface area is 95.0 Å². The van der Waals surface area contributed by atoms with Gasteiger partial charge in [0.1, 0.15) is 5.92 Å². The maximum absolute atomic E-state index is 11.2. The van der Waals surface area contributed by atoms with Crippen LogP contribution in [0.1, 0.15) is 13.3 Å². The first-order chi connectivity index (χ1) is 7.61. The highest BCUT2D eigenvalue weighted by molar-refractivity contribution is 5.81. The zero-order valence-electron chi connectivity index (χ0n) is 9.58. The predicted molar refractivity (Wildman–Crippen MR) is 57.3 cm³/mol. The van der Waals surface area contributed by atoms with Gasteiger partial charge in [-0.2, -0.15) is 5.26 Å². The third-order valence-electron chi connectivity index (χ3n) is 1.87. The SMILES string of the molecule is COCCNC(=O)CCNC(=O)C(C)C#N. The molecule has 0 aliphatic rings. The molecular formula is C10H17N3O3. The van der Waals surface area contributed by atoms with Crippen molar-refractivity contribution in [2.45, 2.75) is 13.3 Å². The number of hydrogen-bond donors (Lipinski definition) is 2. The van der Waals surface area contributed by atoms with Crippen molar-refractivity contribution >= 4 is 11.8 Å². The summed E-state index contributed by atoms with van der Waals surface area (Å²) in [4.78, 5) is 22.3. The fraction of sp³-hybridized carbons (Fsp3) is 0.700. The van der Waals surface area contributed by atoms with Gasteiger partial charge in [0.2, 0.25) is 11.8 Å². The van der Waals surface area contributed by atoms with Crippen LogP contribution in [0.2, 0.25) is 0 Å². The molecule has 0 saturated carbocycles. The van der Waals surface area contributed by atoms with E-state index in [1.807, 2.05) is 6.07 Å². The fourth-order valence-corrected chi connectivity index (χ4v) is 0.892. The standard InChI is InChI=1S/C10H17N3O3/c1-8(7-11)10(15)13-4-3-9(14)12-5-6-16-2/h8H,3-6H2,1-2H3,(H,12,14)(H,13,15).